The molecule has 0 aliphatic heterocycles. The van der Waals surface area contributed by atoms with Gasteiger partial charge in [-0.2, -0.15) is 0 Å². The number of hydrogen-bond donors (Lipinski definition) is 1. The number of benzene rings is 2. The maximum Gasteiger partial charge on any atom is 0.257 e. The summed E-state index contributed by atoms with van der Waals surface area (Å²) in [4.78, 5) is 16.3. The predicted molar refractivity (Wildman–Crippen MR) is 92.9 cm³/mol. The Morgan fingerprint density at radius 1 is 0.957 bits per heavy atom. The zero-order valence-corrected chi connectivity index (χ0v) is 13.1. The Labute approximate surface area is 140 Å². The summed E-state index contributed by atoms with van der Waals surface area (Å²) in [7, 11) is 0. The summed E-state index contributed by atoms with van der Waals surface area (Å²) < 4.78 is 0. The van der Waals surface area contributed by atoms with Crippen molar-refractivity contribution < 1.29 is 4.79 Å². The average Bonchev–Trinajstić information content (AvgIpc) is 2.58. The molecule has 3 aromatic rings. The lowest BCUT2D eigenvalue weighted by molar-refractivity contribution is 0.102. The summed E-state index contributed by atoms with van der Waals surface area (Å²) in [5, 5.41) is 3.31. The Morgan fingerprint density at radius 3 is 2.43 bits per heavy atom. The Hall–Kier alpha value is -2.65. The van der Waals surface area contributed by atoms with E-state index < -0.39 is 0 Å². The summed E-state index contributed by atoms with van der Waals surface area (Å²) in [6, 6.07) is 21.2. The molecule has 0 bridgehead atoms. The van der Waals surface area contributed by atoms with E-state index in [2.05, 4.69) is 22.4 Å². The highest BCUT2D eigenvalue weighted by atomic mass is 35.5. The number of hydrogen-bond acceptors (Lipinski definition) is 2. The van der Waals surface area contributed by atoms with E-state index in [4.69, 9.17) is 11.6 Å². The van der Waals surface area contributed by atoms with Gasteiger partial charge >= 0.3 is 0 Å². The van der Waals surface area contributed by atoms with Crippen molar-refractivity contribution in [1.82, 2.24) is 4.98 Å². The van der Waals surface area contributed by atoms with Crippen molar-refractivity contribution in [3.05, 3.63) is 94.8 Å². The number of pyridine rings is 1. The van der Waals surface area contributed by atoms with Gasteiger partial charge in [0.2, 0.25) is 0 Å². The highest BCUT2D eigenvalue weighted by Crippen LogP contribution is 2.20. The van der Waals surface area contributed by atoms with Crippen LogP contribution in [0, 0.1) is 0 Å². The van der Waals surface area contributed by atoms with Gasteiger partial charge in [0, 0.05) is 11.9 Å². The summed E-state index contributed by atoms with van der Waals surface area (Å²) in [6.07, 6.45) is 2.23. The Kier molecular flexibility index (Phi) is 4.69. The molecule has 23 heavy (non-hydrogen) atoms. The molecule has 0 saturated carbocycles. The molecule has 4 heteroatoms. The molecule has 0 radical (unpaired) electrons. The van der Waals surface area contributed by atoms with E-state index in [0.29, 0.717) is 10.7 Å². The third kappa shape index (κ3) is 3.96. The summed E-state index contributed by atoms with van der Waals surface area (Å²) >= 11 is 5.75. The van der Waals surface area contributed by atoms with Crippen LogP contribution in [0.2, 0.25) is 5.15 Å². The van der Waals surface area contributed by atoms with Gasteiger partial charge in [0.15, 0.2) is 0 Å². The first-order valence-electron chi connectivity index (χ1n) is 7.27. The second-order valence-electron chi connectivity index (χ2n) is 5.14. The Balaban J connectivity index is 1.80. The smallest absolute Gasteiger partial charge is 0.257 e. The van der Waals surface area contributed by atoms with Gasteiger partial charge in [-0.05, 0) is 35.7 Å². The average molecular weight is 323 g/mol. The normalized spacial score (nSPS) is 10.3. The summed E-state index contributed by atoms with van der Waals surface area (Å²) in [6.45, 7) is 0. The van der Waals surface area contributed by atoms with Gasteiger partial charge in [0.1, 0.15) is 5.15 Å². The van der Waals surface area contributed by atoms with Crippen molar-refractivity contribution in [2.75, 3.05) is 5.32 Å². The van der Waals surface area contributed by atoms with Gasteiger partial charge in [-0.15, -0.1) is 0 Å². The van der Waals surface area contributed by atoms with E-state index in [1.54, 1.807) is 12.1 Å². The van der Waals surface area contributed by atoms with Crippen molar-refractivity contribution >= 4 is 23.2 Å². The molecular weight excluding hydrogens is 308 g/mol. The standard InChI is InChI=1S/C19H15ClN2O/c20-18-11-10-16(13-21-18)19(23)22-17-9-5-4-8-15(17)12-14-6-2-1-3-7-14/h1-11,13H,12H2,(H,22,23). The fourth-order valence-electron chi connectivity index (χ4n) is 2.32. The molecule has 0 unspecified atom stereocenters. The number of halogens is 1. The van der Waals surface area contributed by atoms with Crippen LogP contribution in [0.5, 0.6) is 0 Å². The molecule has 1 amide bonds. The van der Waals surface area contributed by atoms with Crippen LogP contribution in [0.25, 0.3) is 0 Å². The van der Waals surface area contributed by atoms with Crippen molar-refractivity contribution in [2.24, 2.45) is 0 Å². The highest BCUT2D eigenvalue weighted by molar-refractivity contribution is 6.29. The molecule has 3 rings (SSSR count). The van der Waals surface area contributed by atoms with Crippen molar-refractivity contribution in [3.8, 4) is 0 Å². The molecule has 0 fully saturated rings. The van der Waals surface area contributed by atoms with Crippen LogP contribution in [0.3, 0.4) is 0 Å². The second-order valence-corrected chi connectivity index (χ2v) is 5.53. The molecule has 3 nitrogen and oxygen atoms in total. The number of carbonyl (C=O) groups excluding carboxylic acids is 1. The first-order valence-corrected chi connectivity index (χ1v) is 7.65. The van der Waals surface area contributed by atoms with Gasteiger partial charge in [0.25, 0.3) is 5.91 Å². The van der Waals surface area contributed by atoms with Gasteiger partial charge in [-0.25, -0.2) is 4.98 Å². The molecule has 114 valence electrons. The van der Waals surface area contributed by atoms with Crippen LogP contribution < -0.4 is 5.32 Å². The molecule has 0 aliphatic rings. The molecule has 1 N–H and O–H groups in total. The lowest BCUT2D eigenvalue weighted by atomic mass is 10.0. The maximum absolute atomic E-state index is 12.3. The second kappa shape index (κ2) is 7.07. The quantitative estimate of drug-likeness (QED) is 0.714. The molecule has 0 saturated heterocycles. The molecular formula is C19H15ClN2O. The zero-order chi connectivity index (χ0) is 16.1. The van der Waals surface area contributed by atoms with Crippen LogP contribution >= 0.6 is 11.6 Å². The van der Waals surface area contributed by atoms with E-state index in [0.717, 1.165) is 17.7 Å². The number of aromatic nitrogens is 1. The SMILES string of the molecule is O=C(Nc1ccccc1Cc1ccccc1)c1ccc(Cl)nc1. The summed E-state index contributed by atoms with van der Waals surface area (Å²) in [5.41, 5.74) is 3.54. The molecule has 0 aliphatic carbocycles. The number of anilines is 1. The van der Waals surface area contributed by atoms with Crippen LogP contribution in [0.4, 0.5) is 5.69 Å². The monoisotopic (exact) mass is 322 g/mol. The topological polar surface area (TPSA) is 42.0 Å². The van der Waals surface area contributed by atoms with Gasteiger partial charge in [-0.1, -0.05) is 60.1 Å². The molecule has 0 atom stereocenters. The van der Waals surface area contributed by atoms with Crippen LogP contribution in [0.1, 0.15) is 21.5 Å². The van der Waals surface area contributed by atoms with Crippen molar-refractivity contribution in [3.63, 3.8) is 0 Å². The minimum Gasteiger partial charge on any atom is -0.322 e. The van der Waals surface area contributed by atoms with E-state index in [9.17, 15) is 4.79 Å². The third-order valence-corrected chi connectivity index (χ3v) is 3.72. The van der Waals surface area contributed by atoms with Crippen LogP contribution in [0.15, 0.2) is 72.9 Å². The van der Waals surface area contributed by atoms with E-state index >= 15 is 0 Å². The van der Waals surface area contributed by atoms with E-state index in [-0.39, 0.29) is 5.91 Å². The van der Waals surface area contributed by atoms with E-state index in [1.165, 1.54) is 11.8 Å². The number of nitrogens with one attached hydrogen (secondary N) is 1. The van der Waals surface area contributed by atoms with Crippen LogP contribution in [-0.4, -0.2) is 10.9 Å². The number of nitrogens with zero attached hydrogens (tertiary/aromatic N) is 1. The molecule has 1 aromatic heterocycles. The van der Waals surface area contributed by atoms with E-state index in [1.807, 2.05) is 42.5 Å². The minimum absolute atomic E-state index is 0.199. The zero-order valence-electron chi connectivity index (χ0n) is 12.4. The fraction of sp³-hybridized carbons (Fsp3) is 0.0526. The molecule has 1 heterocycles. The third-order valence-electron chi connectivity index (χ3n) is 3.49. The molecule has 2 aromatic carbocycles. The van der Waals surface area contributed by atoms with Gasteiger partial charge < -0.3 is 5.32 Å². The first kappa shape index (κ1) is 15.3. The number of rotatable bonds is 4. The molecule has 0 spiro atoms. The fourth-order valence-corrected chi connectivity index (χ4v) is 2.43. The van der Waals surface area contributed by atoms with Crippen molar-refractivity contribution in [1.29, 1.82) is 0 Å². The lowest BCUT2D eigenvalue weighted by Gasteiger charge is -2.11. The number of amides is 1. The minimum atomic E-state index is -0.199. The Morgan fingerprint density at radius 2 is 1.70 bits per heavy atom. The maximum atomic E-state index is 12.3. The van der Waals surface area contributed by atoms with Crippen molar-refractivity contribution in [2.45, 2.75) is 6.42 Å². The highest BCUT2D eigenvalue weighted by Gasteiger charge is 2.09. The number of para-hydroxylation sites is 1. The lowest BCUT2D eigenvalue weighted by Crippen LogP contribution is -2.13. The summed E-state index contributed by atoms with van der Waals surface area (Å²) in [5.74, 6) is -0.199. The first-order chi connectivity index (χ1) is 11.2. The Bertz CT molecular complexity index is 801. The predicted octanol–water partition coefficient (Wildman–Crippen LogP) is 4.58. The van der Waals surface area contributed by atoms with Crippen LogP contribution in [-0.2, 0) is 6.42 Å². The number of carbonyl (C=O) groups is 1. The van der Waals surface area contributed by atoms with Gasteiger partial charge in [-0.3, -0.25) is 4.79 Å². The van der Waals surface area contributed by atoms with Gasteiger partial charge in [0.05, 0.1) is 5.56 Å². The largest absolute Gasteiger partial charge is 0.322 e.